The van der Waals surface area contributed by atoms with Gasteiger partial charge in [-0.2, -0.15) is 0 Å². The van der Waals surface area contributed by atoms with Crippen molar-refractivity contribution < 1.29 is 0 Å². The molecule has 0 saturated carbocycles. The van der Waals surface area contributed by atoms with Gasteiger partial charge in [-0.1, -0.05) is 60.7 Å². The Balaban J connectivity index is 0.000001000. The van der Waals surface area contributed by atoms with Crippen molar-refractivity contribution in [3.8, 4) is 0 Å². The molecule has 0 saturated heterocycles. The summed E-state index contributed by atoms with van der Waals surface area (Å²) in [5.74, 6) is 0. The topological polar surface area (TPSA) is 0 Å². The van der Waals surface area contributed by atoms with Crippen LogP contribution in [0.3, 0.4) is 0 Å². The van der Waals surface area contributed by atoms with Crippen LogP contribution in [0.15, 0.2) is 54.6 Å². The van der Waals surface area contributed by atoms with E-state index in [-0.39, 0.29) is 18.9 Å². The second-order valence-corrected chi connectivity index (χ2v) is 4.59. The normalized spacial score (nSPS) is 12.7. The van der Waals surface area contributed by atoms with Crippen molar-refractivity contribution >= 4 is 46.5 Å². The van der Waals surface area contributed by atoms with Gasteiger partial charge in [0, 0.05) is 18.9 Å². The Labute approximate surface area is 118 Å². The molecular weight excluding hydrogens is 211 g/mol. The number of fused-ring (bicyclic) bond motifs is 6. The number of rotatable bonds is 0. The second-order valence-electron chi connectivity index (χ2n) is 4.59. The molecule has 81 valence electrons. The Morgan fingerprint density at radius 3 is 1.94 bits per heavy atom. The summed E-state index contributed by atoms with van der Waals surface area (Å²) < 4.78 is 0. The van der Waals surface area contributed by atoms with E-state index < -0.39 is 0 Å². The van der Waals surface area contributed by atoms with E-state index in [1.54, 1.807) is 0 Å². The van der Waals surface area contributed by atoms with E-state index in [9.17, 15) is 0 Å². The Morgan fingerprint density at radius 1 is 0.667 bits per heavy atom. The Hall–Kier alpha value is -1.48. The summed E-state index contributed by atoms with van der Waals surface area (Å²) in [4.78, 5) is 0. The molecule has 0 atom stereocenters. The minimum Gasteiger partial charge on any atom is -0.0795 e. The van der Waals surface area contributed by atoms with Crippen LogP contribution in [-0.4, -0.2) is 18.9 Å². The number of benzene rings is 3. The SMILES string of the molecule is C1=Cc2c(c3ccccc3c3ccccc23)C1.[Li]. The first-order valence-electron chi connectivity index (χ1n) is 6.04. The summed E-state index contributed by atoms with van der Waals surface area (Å²) in [6.45, 7) is 0. The summed E-state index contributed by atoms with van der Waals surface area (Å²) >= 11 is 0. The second kappa shape index (κ2) is 4.32. The van der Waals surface area contributed by atoms with Crippen molar-refractivity contribution in [3.63, 3.8) is 0 Å². The van der Waals surface area contributed by atoms with Crippen LogP contribution in [0, 0.1) is 0 Å². The fourth-order valence-corrected chi connectivity index (χ4v) is 2.95. The molecule has 18 heavy (non-hydrogen) atoms. The maximum absolute atomic E-state index is 2.27. The largest absolute Gasteiger partial charge is 0.0795 e. The molecule has 0 bridgehead atoms. The van der Waals surface area contributed by atoms with Crippen LogP contribution in [0.5, 0.6) is 0 Å². The number of allylic oxidation sites excluding steroid dienone is 1. The Kier molecular flexibility index (Phi) is 2.78. The van der Waals surface area contributed by atoms with Gasteiger partial charge in [-0.05, 0) is 39.1 Å². The van der Waals surface area contributed by atoms with Crippen LogP contribution in [0.1, 0.15) is 11.1 Å². The van der Waals surface area contributed by atoms with E-state index in [4.69, 9.17) is 0 Å². The first kappa shape index (κ1) is 11.6. The molecule has 0 heterocycles. The molecule has 4 rings (SSSR count). The third-order valence-electron chi connectivity index (χ3n) is 3.69. The summed E-state index contributed by atoms with van der Waals surface area (Å²) in [5.41, 5.74) is 2.90. The molecule has 1 radical (unpaired) electrons. The standard InChI is InChI=1S/C17H12.Li/c1-3-8-14-12(6-1)13-7-2-4-9-15(13)17-11-5-10-16(14)17;/h1-10H,11H2;. The van der Waals surface area contributed by atoms with Crippen LogP contribution in [0.25, 0.3) is 27.6 Å². The third-order valence-corrected chi connectivity index (χ3v) is 3.69. The fourth-order valence-electron chi connectivity index (χ4n) is 2.95. The third kappa shape index (κ3) is 1.47. The van der Waals surface area contributed by atoms with E-state index in [2.05, 4.69) is 60.7 Å². The molecule has 1 aliphatic rings. The first-order valence-corrected chi connectivity index (χ1v) is 6.04. The molecule has 0 spiro atoms. The van der Waals surface area contributed by atoms with Gasteiger partial charge in [0.2, 0.25) is 0 Å². The Bertz CT molecular complexity index is 769. The zero-order valence-electron chi connectivity index (χ0n) is 10.5. The maximum atomic E-state index is 2.27. The van der Waals surface area contributed by atoms with Gasteiger partial charge in [0.1, 0.15) is 0 Å². The average Bonchev–Trinajstić information content (AvgIpc) is 2.89. The van der Waals surface area contributed by atoms with Gasteiger partial charge in [0.05, 0.1) is 0 Å². The van der Waals surface area contributed by atoms with Crippen molar-refractivity contribution in [2.24, 2.45) is 0 Å². The monoisotopic (exact) mass is 223 g/mol. The zero-order chi connectivity index (χ0) is 11.2. The molecule has 0 fully saturated rings. The molecule has 1 aliphatic carbocycles. The van der Waals surface area contributed by atoms with Gasteiger partial charge in [0.15, 0.2) is 0 Å². The van der Waals surface area contributed by atoms with Crippen molar-refractivity contribution in [2.45, 2.75) is 6.42 Å². The van der Waals surface area contributed by atoms with Crippen molar-refractivity contribution in [1.82, 2.24) is 0 Å². The van der Waals surface area contributed by atoms with E-state index in [1.165, 1.54) is 32.7 Å². The maximum Gasteiger partial charge on any atom is 0 e. The number of hydrogen-bond donors (Lipinski definition) is 0. The molecule has 0 aliphatic heterocycles. The predicted octanol–water partition coefficient (Wildman–Crippen LogP) is 4.18. The van der Waals surface area contributed by atoms with Gasteiger partial charge < -0.3 is 0 Å². The minimum atomic E-state index is 0. The van der Waals surface area contributed by atoms with Crippen molar-refractivity contribution in [1.29, 1.82) is 0 Å². The molecule has 0 N–H and O–H groups in total. The van der Waals surface area contributed by atoms with Gasteiger partial charge in [-0.15, -0.1) is 0 Å². The summed E-state index contributed by atoms with van der Waals surface area (Å²) in [7, 11) is 0. The van der Waals surface area contributed by atoms with E-state index >= 15 is 0 Å². The average molecular weight is 223 g/mol. The van der Waals surface area contributed by atoms with Gasteiger partial charge >= 0.3 is 0 Å². The quantitative estimate of drug-likeness (QED) is 0.396. The van der Waals surface area contributed by atoms with Gasteiger partial charge in [-0.25, -0.2) is 0 Å². The molecule has 3 aromatic carbocycles. The van der Waals surface area contributed by atoms with Crippen LogP contribution < -0.4 is 0 Å². The number of hydrogen-bond acceptors (Lipinski definition) is 0. The van der Waals surface area contributed by atoms with E-state index in [0.29, 0.717) is 0 Å². The van der Waals surface area contributed by atoms with Crippen LogP contribution in [0.4, 0.5) is 0 Å². The molecule has 0 nitrogen and oxygen atoms in total. The Morgan fingerprint density at radius 2 is 1.22 bits per heavy atom. The summed E-state index contributed by atoms with van der Waals surface area (Å²) in [6, 6.07) is 17.5. The van der Waals surface area contributed by atoms with Gasteiger partial charge in [-0.3, -0.25) is 0 Å². The van der Waals surface area contributed by atoms with Crippen LogP contribution in [-0.2, 0) is 6.42 Å². The smallest absolute Gasteiger partial charge is 0 e. The van der Waals surface area contributed by atoms with E-state index in [0.717, 1.165) is 6.42 Å². The van der Waals surface area contributed by atoms with Crippen LogP contribution in [0.2, 0.25) is 0 Å². The predicted molar refractivity (Wildman–Crippen MR) is 79.9 cm³/mol. The van der Waals surface area contributed by atoms with Crippen molar-refractivity contribution in [2.75, 3.05) is 0 Å². The molecular formula is C17H12Li. The van der Waals surface area contributed by atoms with Gasteiger partial charge in [0.25, 0.3) is 0 Å². The van der Waals surface area contributed by atoms with Crippen molar-refractivity contribution in [3.05, 3.63) is 65.7 Å². The first-order chi connectivity index (χ1) is 8.45. The zero-order valence-corrected chi connectivity index (χ0v) is 10.5. The molecule has 0 aromatic heterocycles. The van der Waals surface area contributed by atoms with E-state index in [1.807, 2.05) is 0 Å². The summed E-state index contributed by atoms with van der Waals surface area (Å²) in [5, 5.41) is 5.54. The summed E-state index contributed by atoms with van der Waals surface area (Å²) in [6.07, 6.45) is 5.61. The fraction of sp³-hybridized carbons (Fsp3) is 0.0588. The molecule has 3 aromatic rings. The minimum absolute atomic E-state index is 0. The molecule has 0 amide bonds. The van der Waals surface area contributed by atoms with Crippen LogP contribution >= 0.6 is 0 Å². The molecule has 0 unspecified atom stereocenters. The molecule has 1 heteroatoms.